The lowest BCUT2D eigenvalue weighted by molar-refractivity contribution is -0.119. The van der Waals surface area contributed by atoms with Crippen molar-refractivity contribution in [1.29, 1.82) is 0 Å². The van der Waals surface area contributed by atoms with Crippen molar-refractivity contribution < 1.29 is 19.8 Å². The highest BCUT2D eigenvalue weighted by Crippen LogP contribution is 2.39. The number of fused-ring (bicyclic) bond motifs is 2. The Labute approximate surface area is 226 Å². The van der Waals surface area contributed by atoms with Gasteiger partial charge in [-0.2, -0.15) is 0 Å². The first-order valence-corrected chi connectivity index (χ1v) is 13.5. The molecule has 2 aromatic heterocycles. The maximum atomic E-state index is 12.2. The number of amides is 2. The number of hydrogen-bond acceptors (Lipinski definition) is 6. The fourth-order valence-electron chi connectivity index (χ4n) is 4.77. The van der Waals surface area contributed by atoms with Gasteiger partial charge in [-0.3, -0.25) is 9.59 Å². The van der Waals surface area contributed by atoms with Gasteiger partial charge in [0.15, 0.2) is 11.4 Å². The Hall–Kier alpha value is -4.34. The average molecular weight is 531 g/mol. The number of hydrogen-bond donors (Lipinski definition) is 2. The number of rotatable bonds is 12. The molecule has 10 nitrogen and oxygen atoms in total. The van der Waals surface area contributed by atoms with E-state index < -0.39 is 0 Å². The molecule has 4 aromatic rings. The van der Waals surface area contributed by atoms with Crippen molar-refractivity contribution >= 4 is 45.0 Å². The zero-order valence-electron chi connectivity index (χ0n) is 22.4. The minimum atomic E-state index is -0.328. The zero-order chi connectivity index (χ0) is 27.8. The van der Waals surface area contributed by atoms with Crippen molar-refractivity contribution in [2.24, 2.45) is 20.5 Å². The first-order valence-electron chi connectivity index (χ1n) is 13.5. The van der Waals surface area contributed by atoms with Crippen LogP contribution in [0.5, 0.6) is 11.8 Å². The highest BCUT2D eigenvalue weighted by atomic mass is 16.3. The molecule has 0 radical (unpaired) electrons. The molecule has 0 spiro atoms. The SMILES string of the molecule is CCn1c(O)c(N=NC(=O)CCCCCCCC(=O)N=Nc2c(O)n(CC)c3ccccc23)c2ccccc21. The number of para-hydroxylation sites is 2. The Bertz CT molecular complexity index is 1420. The second-order valence-electron chi connectivity index (χ2n) is 9.32. The van der Waals surface area contributed by atoms with E-state index in [0.29, 0.717) is 37.3 Å². The molecule has 2 amide bonds. The topological polar surface area (TPSA) is 134 Å². The molecule has 0 saturated heterocycles. The smallest absolute Gasteiger partial charge is 0.264 e. The monoisotopic (exact) mass is 530 g/mol. The normalized spacial score (nSPS) is 11.9. The summed E-state index contributed by atoms with van der Waals surface area (Å²) in [4.78, 5) is 24.4. The number of unbranched alkanes of at least 4 members (excludes halogenated alkanes) is 4. The molecule has 0 bridgehead atoms. The molecule has 0 unspecified atom stereocenters. The Kier molecular flexibility index (Phi) is 9.19. The minimum absolute atomic E-state index is 0.00819. The van der Waals surface area contributed by atoms with Crippen LogP contribution in [0.15, 0.2) is 69.0 Å². The molecule has 204 valence electrons. The lowest BCUT2D eigenvalue weighted by atomic mass is 10.1. The van der Waals surface area contributed by atoms with Crippen LogP contribution in [-0.2, 0) is 22.7 Å². The van der Waals surface area contributed by atoms with Crippen LogP contribution in [0.3, 0.4) is 0 Å². The maximum absolute atomic E-state index is 12.2. The van der Waals surface area contributed by atoms with Crippen LogP contribution in [0.1, 0.15) is 58.8 Å². The van der Waals surface area contributed by atoms with Gasteiger partial charge in [0.25, 0.3) is 11.8 Å². The van der Waals surface area contributed by atoms with Crippen LogP contribution in [0.4, 0.5) is 11.4 Å². The maximum Gasteiger partial charge on any atom is 0.264 e. The molecule has 2 heterocycles. The number of aryl methyl sites for hydroxylation is 2. The lowest BCUT2D eigenvalue weighted by Gasteiger charge is -2.01. The summed E-state index contributed by atoms with van der Waals surface area (Å²) < 4.78 is 3.46. The van der Waals surface area contributed by atoms with Gasteiger partial charge in [-0.25, -0.2) is 0 Å². The largest absolute Gasteiger partial charge is 0.493 e. The number of benzene rings is 2. The van der Waals surface area contributed by atoms with Gasteiger partial charge < -0.3 is 19.3 Å². The summed E-state index contributed by atoms with van der Waals surface area (Å²) in [6, 6.07) is 15.0. The predicted octanol–water partition coefficient (Wildman–Crippen LogP) is 7.70. The predicted molar refractivity (Wildman–Crippen MR) is 150 cm³/mol. The number of azo groups is 2. The quantitative estimate of drug-likeness (QED) is 0.143. The Balaban J connectivity index is 1.17. The molecule has 0 aliphatic carbocycles. The number of carbonyl (C=O) groups is 2. The Morgan fingerprint density at radius 2 is 1.03 bits per heavy atom. The van der Waals surface area contributed by atoms with Crippen molar-refractivity contribution in [3.63, 3.8) is 0 Å². The van der Waals surface area contributed by atoms with Crippen LogP contribution in [0.25, 0.3) is 21.8 Å². The van der Waals surface area contributed by atoms with E-state index in [2.05, 4.69) is 20.5 Å². The number of aromatic hydroxyl groups is 2. The fourth-order valence-corrected chi connectivity index (χ4v) is 4.77. The van der Waals surface area contributed by atoms with Gasteiger partial charge in [0.2, 0.25) is 11.8 Å². The van der Waals surface area contributed by atoms with E-state index in [-0.39, 0.29) is 36.4 Å². The molecule has 0 saturated carbocycles. The van der Waals surface area contributed by atoms with Crippen LogP contribution >= 0.6 is 0 Å². The number of carbonyl (C=O) groups excluding carboxylic acids is 2. The molecule has 2 N–H and O–H groups in total. The summed E-state index contributed by atoms with van der Waals surface area (Å²) in [6.07, 6.45) is 4.45. The van der Waals surface area contributed by atoms with E-state index in [4.69, 9.17) is 0 Å². The highest BCUT2D eigenvalue weighted by Gasteiger charge is 2.16. The van der Waals surface area contributed by atoms with Gasteiger partial charge in [0.1, 0.15) is 0 Å². The highest BCUT2D eigenvalue weighted by molar-refractivity contribution is 5.96. The third-order valence-corrected chi connectivity index (χ3v) is 6.77. The molecule has 0 fully saturated rings. The van der Waals surface area contributed by atoms with Gasteiger partial charge in [-0.15, -0.1) is 20.5 Å². The van der Waals surface area contributed by atoms with Crippen molar-refractivity contribution in [3.8, 4) is 11.8 Å². The zero-order valence-corrected chi connectivity index (χ0v) is 22.4. The minimum Gasteiger partial charge on any atom is -0.493 e. The van der Waals surface area contributed by atoms with E-state index in [1.807, 2.05) is 62.4 Å². The molecule has 10 heteroatoms. The molecule has 39 heavy (non-hydrogen) atoms. The summed E-state index contributed by atoms with van der Waals surface area (Å²) in [5.41, 5.74) is 2.32. The molecule has 0 aliphatic heterocycles. The van der Waals surface area contributed by atoms with Crippen molar-refractivity contribution in [2.45, 2.75) is 71.9 Å². The van der Waals surface area contributed by atoms with E-state index in [1.165, 1.54) is 0 Å². The summed E-state index contributed by atoms with van der Waals surface area (Å²) in [5.74, 6) is -0.639. The second-order valence-corrected chi connectivity index (χ2v) is 9.32. The van der Waals surface area contributed by atoms with Crippen molar-refractivity contribution in [2.75, 3.05) is 0 Å². The summed E-state index contributed by atoms with van der Waals surface area (Å²) in [5, 5.41) is 38.2. The lowest BCUT2D eigenvalue weighted by Crippen LogP contribution is -1.94. The van der Waals surface area contributed by atoms with E-state index >= 15 is 0 Å². The third-order valence-electron chi connectivity index (χ3n) is 6.77. The number of aromatic nitrogens is 2. The summed E-state index contributed by atoms with van der Waals surface area (Å²) >= 11 is 0. The molecular weight excluding hydrogens is 496 g/mol. The first-order chi connectivity index (χ1) is 19.0. The molecule has 4 rings (SSSR count). The van der Waals surface area contributed by atoms with Gasteiger partial charge in [-0.05, 0) is 38.8 Å². The van der Waals surface area contributed by atoms with Gasteiger partial charge >= 0.3 is 0 Å². The fraction of sp³-hybridized carbons (Fsp3) is 0.379. The van der Waals surface area contributed by atoms with Gasteiger partial charge in [0, 0.05) is 36.7 Å². The van der Waals surface area contributed by atoms with Crippen molar-refractivity contribution in [3.05, 3.63) is 48.5 Å². The van der Waals surface area contributed by atoms with Crippen LogP contribution in [0, 0.1) is 0 Å². The van der Waals surface area contributed by atoms with Crippen molar-refractivity contribution in [1.82, 2.24) is 9.13 Å². The first kappa shape index (κ1) is 27.7. The summed E-state index contributed by atoms with van der Waals surface area (Å²) in [7, 11) is 0. The van der Waals surface area contributed by atoms with Crippen LogP contribution < -0.4 is 0 Å². The number of nitrogens with zero attached hydrogens (tertiary/aromatic N) is 6. The van der Waals surface area contributed by atoms with Gasteiger partial charge in [-0.1, -0.05) is 55.7 Å². The Morgan fingerprint density at radius 3 is 1.44 bits per heavy atom. The summed E-state index contributed by atoms with van der Waals surface area (Å²) in [6.45, 7) is 5.02. The van der Waals surface area contributed by atoms with E-state index in [1.54, 1.807) is 9.13 Å². The molecular formula is C29H34N6O4. The van der Waals surface area contributed by atoms with E-state index in [9.17, 15) is 19.8 Å². The standard InChI is InChI=1S/C29H34N6O4/c1-3-34-22-16-12-10-14-20(22)26(28(34)38)32-30-24(36)18-8-6-5-7-9-19-25(37)31-33-27-21-15-11-13-17-23(21)35(4-2)29(27)39/h10-17,38-39H,3-9,18-19H2,1-2H3. The molecule has 0 aliphatic rings. The second kappa shape index (κ2) is 12.9. The van der Waals surface area contributed by atoms with Crippen LogP contribution in [-0.4, -0.2) is 31.2 Å². The third kappa shape index (κ3) is 6.22. The Morgan fingerprint density at radius 1 is 0.641 bits per heavy atom. The van der Waals surface area contributed by atoms with Gasteiger partial charge in [0.05, 0.1) is 11.0 Å². The van der Waals surface area contributed by atoms with E-state index in [0.717, 1.165) is 41.1 Å². The van der Waals surface area contributed by atoms with Crippen LogP contribution in [0.2, 0.25) is 0 Å². The average Bonchev–Trinajstić information content (AvgIpc) is 3.38. The molecule has 2 aromatic carbocycles. The molecule has 0 atom stereocenters.